The van der Waals surface area contributed by atoms with Crippen LogP contribution >= 0.6 is 15.9 Å². The smallest absolute Gasteiger partial charge is 0.326 e. The van der Waals surface area contributed by atoms with Crippen molar-refractivity contribution in [2.45, 2.75) is 26.8 Å². The molecular weight excluding hydrogens is 298 g/mol. The fourth-order valence-corrected chi connectivity index (χ4v) is 2.21. The number of carbonyl (C=O) groups is 2. The summed E-state index contributed by atoms with van der Waals surface area (Å²) in [7, 11) is 0. The molecule has 1 amide bonds. The summed E-state index contributed by atoms with van der Waals surface area (Å²) < 4.78 is 0.795. The summed E-state index contributed by atoms with van der Waals surface area (Å²) in [4.78, 5) is 23.0. The van der Waals surface area contributed by atoms with Crippen LogP contribution in [-0.2, 0) is 4.79 Å². The number of benzene rings is 1. The topological polar surface area (TPSA) is 66.4 Å². The zero-order valence-corrected chi connectivity index (χ0v) is 12.1. The molecular formula is C13H16BrNO3. The molecule has 0 heterocycles. The molecule has 0 bridgehead atoms. The van der Waals surface area contributed by atoms with E-state index in [4.69, 9.17) is 5.11 Å². The third kappa shape index (κ3) is 3.84. The number of hydrogen-bond donors (Lipinski definition) is 2. The van der Waals surface area contributed by atoms with Crippen LogP contribution in [0.3, 0.4) is 0 Å². The van der Waals surface area contributed by atoms with Crippen molar-refractivity contribution in [3.8, 4) is 0 Å². The molecule has 1 rings (SSSR count). The Balaban J connectivity index is 2.90. The van der Waals surface area contributed by atoms with E-state index in [1.165, 1.54) is 0 Å². The molecule has 18 heavy (non-hydrogen) atoms. The van der Waals surface area contributed by atoms with Crippen molar-refractivity contribution < 1.29 is 14.7 Å². The highest BCUT2D eigenvalue weighted by Gasteiger charge is 2.23. The average molecular weight is 314 g/mol. The molecule has 0 aliphatic carbocycles. The Morgan fingerprint density at radius 2 is 1.89 bits per heavy atom. The van der Waals surface area contributed by atoms with Crippen LogP contribution in [0.2, 0.25) is 0 Å². The van der Waals surface area contributed by atoms with Gasteiger partial charge in [-0.05, 0) is 36.6 Å². The van der Waals surface area contributed by atoms with Crippen molar-refractivity contribution in [3.05, 3.63) is 33.8 Å². The number of amides is 1. The van der Waals surface area contributed by atoms with Gasteiger partial charge < -0.3 is 10.4 Å². The van der Waals surface area contributed by atoms with Gasteiger partial charge in [-0.1, -0.05) is 29.8 Å². The molecule has 0 fully saturated rings. The molecule has 0 saturated heterocycles. The number of nitrogens with one attached hydrogen (secondary N) is 1. The summed E-state index contributed by atoms with van der Waals surface area (Å²) in [5.41, 5.74) is 1.39. The zero-order chi connectivity index (χ0) is 13.9. The summed E-state index contributed by atoms with van der Waals surface area (Å²) in [6, 6.07) is 4.39. The maximum Gasteiger partial charge on any atom is 0.326 e. The Morgan fingerprint density at radius 1 is 1.28 bits per heavy atom. The second-order valence-electron chi connectivity index (χ2n) is 4.55. The molecule has 1 aromatic rings. The summed E-state index contributed by atoms with van der Waals surface area (Å²) in [6.45, 7) is 5.38. The minimum Gasteiger partial charge on any atom is -0.480 e. The van der Waals surface area contributed by atoms with Gasteiger partial charge in [0.05, 0.1) is 0 Å². The first-order valence-corrected chi connectivity index (χ1v) is 6.41. The number of aliphatic carboxylic acids is 1. The fourth-order valence-electron chi connectivity index (χ4n) is 1.61. The van der Waals surface area contributed by atoms with Crippen molar-refractivity contribution in [3.63, 3.8) is 0 Å². The summed E-state index contributed by atoms with van der Waals surface area (Å²) in [5, 5.41) is 11.6. The molecule has 2 N–H and O–H groups in total. The van der Waals surface area contributed by atoms with E-state index in [1.54, 1.807) is 26.0 Å². The Hall–Kier alpha value is -1.36. The first-order chi connectivity index (χ1) is 8.31. The van der Waals surface area contributed by atoms with E-state index >= 15 is 0 Å². The summed E-state index contributed by atoms with van der Waals surface area (Å²) >= 11 is 3.31. The van der Waals surface area contributed by atoms with Gasteiger partial charge in [-0.2, -0.15) is 0 Å². The predicted molar refractivity (Wildman–Crippen MR) is 72.6 cm³/mol. The van der Waals surface area contributed by atoms with Crippen molar-refractivity contribution in [1.29, 1.82) is 0 Å². The van der Waals surface area contributed by atoms with Gasteiger partial charge in [-0.25, -0.2) is 4.79 Å². The van der Waals surface area contributed by atoms with Crippen LogP contribution in [0.15, 0.2) is 22.7 Å². The van der Waals surface area contributed by atoms with E-state index in [1.807, 2.05) is 13.0 Å². The maximum atomic E-state index is 12.0. The molecule has 0 radical (unpaired) electrons. The van der Waals surface area contributed by atoms with Gasteiger partial charge in [0.2, 0.25) is 0 Å². The molecule has 0 saturated carbocycles. The molecule has 4 nitrogen and oxygen atoms in total. The fraction of sp³-hybridized carbons (Fsp3) is 0.385. The number of carbonyl (C=O) groups excluding carboxylic acids is 1. The highest BCUT2D eigenvalue weighted by molar-refractivity contribution is 9.10. The molecule has 1 atom stereocenters. The van der Waals surface area contributed by atoms with Crippen LogP contribution in [0.4, 0.5) is 0 Å². The molecule has 0 aliphatic rings. The lowest BCUT2D eigenvalue weighted by Gasteiger charge is -2.18. The van der Waals surface area contributed by atoms with E-state index in [-0.39, 0.29) is 11.8 Å². The number of halogens is 1. The van der Waals surface area contributed by atoms with E-state index in [2.05, 4.69) is 21.2 Å². The Labute approximate surface area is 115 Å². The monoisotopic (exact) mass is 313 g/mol. The van der Waals surface area contributed by atoms with E-state index < -0.39 is 12.0 Å². The van der Waals surface area contributed by atoms with Gasteiger partial charge in [0, 0.05) is 10.0 Å². The van der Waals surface area contributed by atoms with E-state index in [9.17, 15) is 9.59 Å². The standard InChI is InChI=1S/C13H16BrNO3/c1-7(2)11(13(17)18)15-12(16)9-4-8(3)5-10(14)6-9/h4-7,11H,1-3H3,(H,15,16)(H,17,18). The first-order valence-electron chi connectivity index (χ1n) is 5.62. The number of carboxylic acids is 1. The van der Waals surface area contributed by atoms with Crippen LogP contribution in [0.5, 0.6) is 0 Å². The van der Waals surface area contributed by atoms with Gasteiger partial charge in [0.15, 0.2) is 0 Å². The third-order valence-electron chi connectivity index (χ3n) is 2.52. The Kier molecular flexibility index (Phi) is 4.90. The maximum absolute atomic E-state index is 12.0. The van der Waals surface area contributed by atoms with Crippen LogP contribution < -0.4 is 5.32 Å². The van der Waals surface area contributed by atoms with Crippen LogP contribution in [0.25, 0.3) is 0 Å². The highest BCUT2D eigenvalue weighted by atomic mass is 79.9. The van der Waals surface area contributed by atoms with Crippen molar-refractivity contribution in [1.82, 2.24) is 5.32 Å². The van der Waals surface area contributed by atoms with Crippen molar-refractivity contribution in [2.24, 2.45) is 5.92 Å². The van der Waals surface area contributed by atoms with Gasteiger partial charge in [0.1, 0.15) is 6.04 Å². The lowest BCUT2D eigenvalue weighted by atomic mass is 10.0. The Bertz CT molecular complexity index is 451. The summed E-state index contributed by atoms with van der Waals surface area (Å²) in [5.74, 6) is -1.56. The van der Waals surface area contributed by atoms with Crippen LogP contribution in [-0.4, -0.2) is 23.0 Å². The second-order valence-corrected chi connectivity index (χ2v) is 5.47. The molecule has 5 heteroatoms. The normalized spacial score (nSPS) is 12.3. The minimum absolute atomic E-state index is 0.167. The van der Waals surface area contributed by atoms with Crippen LogP contribution in [0, 0.1) is 12.8 Å². The predicted octanol–water partition coefficient (Wildman–Crippen LogP) is 2.60. The van der Waals surface area contributed by atoms with Gasteiger partial charge >= 0.3 is 5.97 Å². The van der Waals surface area contributed by atoms with Gasteiger partial charge in [-0.15, -0.1) is 0 Å². The summed E-state index contributed by atoms with van der Waals surface area (Å²) in [6.07, 6.45) is 0. The van der Waals surface area contributed by atoms with E-state index in [0.29, 0.717) is 5.56 Å². The highest BCUT2D eigenvalue weighted by Crippen LogP contribution is 2.15. The molecule has 98 valence electrons. The van der Waals surface area contributed by atoms with Crippen LogP contribution in [0.1, 0.15) is 29.8 Å². The molecule has 1 unspecified atom stereocenters. The lowest BCUT2D eigenvalue weighted by Crippen LogP contribution is -2.44. The number of rotatable bonds is 4. The second kappa shape index (κ2) is 6.00. The average Bonchev–Trinajstić information content (AvgIpc) is 2.23. The lowest BCUT2D eigenvalue weighted by molar-refractivity contribution is -0.140. The van der Waals surface area contributed by atoms with Gasteiger partial charge in [0.25, 0.3) is 5.91 Å². The SMILES string of the molecule is Cc1cc(Br)cc(C(=O)NC(C(=O)O)C(C)C)c1. The van der Waals surface area contributed by atoms with Gasteiger partial charge in [-0.3, -0.25) is 4.79 Å². The van der Waals surface area contributed by atoms with Crippen molar-refractivity contribution >= 4 is 27.8 Å². The first kappa shape index (κ1) is 14.7. The molecule has 0 aliphatic heterocycles. The quantitative estimate of drug-likeness (QED) is 0.898. The Morgan fingerprint density at radius 3 is 2.33 bits per heavy atom. The number of hydrogen-bond acceptors (Lipinski definition) is 2. The van der Waals surface area contributed by atoms with Crippen molar-refractivity contribution in [2.75, 3.05) is 0 Å². The largest absolute Gasteiger partial charge is 0.480 e. The van der Waals surface area contributed by atoms with E-state index in [0.717, 1.165) is 10.0 Å². The zero-order valence-electron chi connectivity index (χ0n) is 10.5. The number of carboxylic acid groups (broad SMARTS) is 1. The molecule has 0 aromatic heterocycles. The number of aryl methyl sites for hydroxylation is 1. The molecule has 0 spiro atoms. The minimum atomic E-state index is -1.02. The third-order valence-corrected chi connectivity index (χ3v) is 2.98. The molecule has 1 aromatic carbocycles.